The molecule has 0 bridgehead atoms. The lowest BCUT2D eigenvalue weighted by molar-refractivity contribution is 0.0947. The largest absolute Gasteiger partial charge is 0.497 e. The number of hydrogen-bond acceptors (Lipinski definition) is 5. The summed E-state index contributed by atoms with van der Waals surface area (Å²) in [5, 5.41) is 3.33. The number of aromatic nitrogens is 1. The third-order valence-corrected chi connectivity index (χ3v) is 3.36. The van der Waals surface area contributed by atoms with E-state index in [0.717, 1.165) is 5.56 Å². The molecule has 3 rings (SSSR count). The normalized spacial score (nSPS) is 10.5. The van der Waals surface area contributed by atoms with E-state index in [1.807, 2.05) is 6.07 Å². The van der Waals surface area contributed by atoms with E-state index in [4.69, 9.17) is 9.15 Å². The SMILES string of the molecule is COc1ccc2cc(C(=O)NCc3cccnc3)c(=O)oc2c1. The highest BCUT2D eigenvalue weighted by molar-refractivity contribution is 5.96. The van der Waals surface area contributed by atoms with Crippen LogP contribution in [0, 0.1) is 0 Å². The molecule has 0 aliphatic rings. The lowest BCUT2D eigenvalue weighted by Crippen LogP contribution is -2.27. The highest BCUT2D eigenvalue weighted by Crippen LogP contribution is 2.20. The van der Waals surface area contributed by atoms with Gasteiger partial charge in [-0.3, -0.25) is 9.78 Å². The zero-order valence-corrected chi connectivity index (χ0v) is 12.4. The average Bonchev–Trinajstić information content (AvgIpc) is 2.59. The molecule has 0 saturated heterocycles. The van der Waals surface area contributed by atoms with Crippen molar-refractivity contribution in [3.8, 4) is 5.75 Å². The van der Waals surface area contributed by atoms with Crippen LogP contribution < -0.4 is 15.7 Å². The van der Waals surface area contributed by atoms with E-state index in [9.17, 15) is 9.59 Å². The first-order valence-electron chi connectivity index (χ1n) is 6.96. The number of fused-ring (bicyclic) bond motifs is 1. The Morgan fingerprint density at radius 3 is 2.91 bits per heavy atom. The Bertz CT molecular complexity index is 903. The molecule has 2 heterocycles. The molecule has 0 spiro atoms. The number of benzene rings is 1. The van der Waals surface area contributed by atoms with Gasteiger partial charge in [-0.2, -0.15) is 0 Å². The maximum Gasteiger partial charge on any atom is 0.349 e. The molecule has 3 aromatic rings. The van der Waals surface area contributed by atoms with Gasteiger partial charge in [0, 0.05) is 30.4 Å². The second-order valence-electron chi connectivity index (χ2n) is 4.90. The Kier molecular flexibility index (Phi) is 4.05. The Morgan fingerprint density at radius 2 is 2.17 bits per heavy atom. The van der Waals surface area contributed by atoms with Crippen molar-refractivity contribution in [2.75, 3.05) is 7.11 Å². The molecule has 6 heteroatoms. The minimum absolute atomic E-state index is 0.0356. The van der Waals surface area contributed by atoms with Crippen molar-refractivity contribution in [2.24, 2.45) is 0 Å². The van der Waals surface area contributed by atoms with Crippen LogP contribution >= 0.6 is 0 Å². The molecule has 0 unspecified atom stereocenters. The van der Waals surface area contributed by atoms with Gasteiger partial charge in [0.2, 0.25) is 0 Å². The van der Waals surface area contributed by atoms with Crippen LogP contribution in [0.3, 0.4) is 0 Å². The Morgan fingerprint density at radius 1 is 1.30 bits per heavy atom. The summed E-state index contributed by atoms with van der Waals surface area (Å²) in [6.45, 7) is 0.284. The van der Waals surface area contributed by atoms with Crippen molar-refractivity contribution in [1.29, 1.82) is 0 Å². The molecule has 0 aliphatic heterocycles. The van der Waals surface area contributed by atoms with Crippen molar-refractivity contribution in [2.45, 2.75) is 6.54 Å². The van der Waals surface area contributed by atoms with Gasteiger partial charge in [0.25, 0.3) is 5.91 Å². The average molecular weight is 310 g/mol. The van der Waals surface area contributed by atoms with E-state index in [1.54, 1.807) is 36.7 Å². The van der Waals surface area contributed by atoms with Crippen LogP contribution in [0.15, 0.2) is 58.0 Å². The van der Waals surface area contributed by atoms with E-state index in [1.165, 1.54) is 13.2 Å². The van der Waals surface area contributed by atoms with Crippen molar-refractivity contribution >= 4 is 16.9 Å². The summed E-state index contributed by atoms with van der Waals surface area (Å²) in [4.78, 5) is 28.2. The van der Waals surface area contributed by atoms with Crippen LogP contribution in [0.2, 0.25) is 0 Å². The summed E-state index contributed by atoms with van der Waals surface area (Å²) in [6, 6.07) is 10.2. The Labute approximate surface area is 131 Å². The summed E-state index contributed by atoms with van der Waals surface area (Å²) < 4.78 is 10.3. The maximum absolute atomic E-state index is 12.2. The van der Waals surface area contributed by atoms with Crippen LogP contribution in [0.5, 0.6) is 5.75 Å². The zero-order chi connectivity index (χ0) is 16.2. The number of nitrogens with one attached hydrogen (secondary N) is 1. The van der Waals surface area contributed by atoms with Gasteiger partial charge in [0.15, 0.2) is 0 Å². The summed E-state index contributed by atoms with van der Waals surface area (Å²) in [5.41, 5.74) is 0.495. The second-order valence-corrected chi connectivity index (χ2v) is 4.90. The molecular weight excluding hydrogens is 296 g/mol. The summed E-state index contributed by atoms with van der Waals surface area (Å²) in [5.74, 6) is 0.0924. The number of carbonyl (C=O) groups excluding carboxylic acids is 1. The lowest BCUT2D eigenvalue weighted by atomic mass is 10.1. The third kappa shape index (κ3) is 3.21. The zero-order valence-electron chi connectivity index (χ0n) is 12.4. The van der Waals surface area contributed by atoms with E-state index < -0.39 is 11.5 Å². The molecule has 0 radical (unpaired) electrons. The van der Waals surface area contributed by atoms with Crippen LogP contribution in [-0.2, 0) is 6.54 Å². The quantitative estimate of drug-likeness (QED) is 0.747. The van der Waals surface area contributed by atoms with E-state index in [0.29, 0.717) is 16.7 Å². The van der Waals surface area contributed by atoms with Gasteiger partial charge in [0.1, 0.15) is 16.9 Å². The molecule has 1 N–H and O–H groups in total. The predicted octanol–water partition coefficient (Wildman–Crippen LogP) is 2.13. The van der Waals surface area contributed by atoms with Gasteiger partial charge < -0.3 is 14.5 Å². The molecule has 0 aliphatic carbocycles. The Balaban J connectivity index is 1.85. The van der Waals surface area contributed by atoms with Gasteiger partial charge in [-0.05, 0) is 29.8 Å². The number of methoxy groups -OCH3 is 1. The standard InChI is InChI=1S/C17H14N2O4/c1-22-13-5-4-12-7-14(17(21)23-15(12)8-13)16(20)19-10-11-3-2-6-18-9-11/h2-9H,10H2,1H3,(H,19,20). The molecule has 23 heavy (non-hydrogen) atoms. The minimum Gasteiger partial charge on any atom is -0.497 e. The molecule has 0 fully saturated rings. The highest BCUT2D eigenvalue weighted by atomic mass is 16.5. The third-order valence-electron chi connectivity index (χ3n) is 3.36. The van der Waals surface area contributed by atoms with E-state index in [-0.39, 0.29) is 12.1 Å². The van der Waals surface area contributed by atoms with Gasteiger partial charge in [-0.25, -0.2) is 4.79 Å². The molecule has 0 saturated carbocycles. The summed E-state index contributed by atoms with van der Waals surface area (Å²) in [7, 11) is 1.53. The van der Waals surface area contributed by atoms with Crippen LogP contribution in [0.1, 0.15) is 15.9 Å². The van der Waals surface area contributed by atoms with Gasteiger partial charge in [0.05, 0.1) is 7.11 Å². The summed E-state index contributed by atoms with van der Waals surface area (Å²) >= 11 is 0. The number of carbonyl (C=O) groups is 1. The first-order chi connectivity index (χ1) is 11.2. The lowest BCUT2D eigenvalue weighted by Gasteiger charge is -2.06. The van der Waals surface area contributed by atoms with Crippen LogP contribution in [0.4, 0.5) is 0 Å². The predicted molar refractivity (Wildman–Crippen MR) is 84.4 cm³/mol. The van der Waals surface area contributed by atoms with Crippen LogP contribution in [0.25, 0.3) is 11.0 Å². The monoisotopic (exact) mass is 310 g/mol. The molecule has 1 amide bonds. The maximum atomic E-state index is 12.2. The topological polar surface area (TPSA) is 81.4 Å². The van der Waals surface area contributed by atoms with E-state index >= 15 is 0 Å². The first-order valence-corrected chi connectivity index (χ1v) is 6.96. The molecule has 0 atom stereocenters. The number of hydrogen-bond donors (Lipinski definition) is 1. The number of ether oxygens (including phenoxy) is 1. The van der Waals surface area contributed by atoms with Crippen molar-refractivity contribution in [3.63, 3.8) is 0 Å². The van der Waals surface area contributed by atoms with Crippen molar-refractivity contribution in [1.82, 2.24) is 10.3 Å². The number of pyridine rings is 1. The fourth-order valence-electron chi connectivity index (χ4n) is 2.16. The van der Waals surface area contributed by atoms with Crippen molar-refractivity contribution in [3.05, 3.63) is 70.3 Å². The molecule has 2 aromatic heterocycles. The van der Waals surface area contributed by atoms with Crippen LogP contribution in [-0.4, -0.2) is 18.0 Å². The second kappa shape index (κ2) is 6.31. The molecule has 1 aromatic carbocycles. The highest BCUT2D eigenvalue weighted by Gasteiger charge is 2.13. The first kappa shape index (κ1) is 14.8. The van der Waals surface area contributed by atoms with Gasteiger partial charge >= 0.3 is 5.63 Å². The Hall–Kier alpha value is -3.15. The summed E-state index contributed by atoms with van der Waals surface area (Å²) in [6.07, 6.45) is 3.30. The number of nitrogens with zero attached hydrogens (tertiary/aromatic N) is 1. The number of rotatable bonds is 4. The van der Waals surface area contributed by atoms with Gasteiger partial charge in [-0.1, -0.05) is 6.07 Å². The smallest absolute Gasteiger partial charge is 0.349 e. The van der Waals surface area contributed by atoms with E-state index in [2.05, 4.69) is 10.3 Å². The molecule has 116 valence electrons. The van der Waals surface area contributed by atoms with Gasteiger partial charge in [-0.15, -0.1) is 0 Å². The van der Waals surface area contributed by atoms with Crippen molar-refractivity contribution < 1.29 is 13.9 Å². The minimum atomic E-state index is -0.686. The fraction of sp³-hybridized carbons (Fsp3) is 0.118. The molecule has 6 nitrogen and oxygen atoms in total. The number of amides is 1. The fourth-order valence-corrected chi connectivity index (χ4v) is 2.16. The molecular formula is C17H14N2O4.